The Balaban J connectivity index is 3.29. The van der Waals surface area contributed by atoms with Crippen molar-refractivity contribution in [3.8, 4) is 0 Å². The molecule has 0 saturated heterocycles. The highest BCUT2D eigenvalue weighted by atomic mass is 16.3. The lowest BCUT2D eigenvalue weighted by Gasteiger charge is -2.12. The normalized spacial score (nSPS) is 18.0. The molecule has 0 spiro atoms. The van der Waals surface area contributed by atoms with Gasteiger partial charge in [-0.3, -0.25) is 0 Å². The van der Waals surface area contributed by atoms with E-state index in [1.165, 1.54) is 0 Å². The average Bonchev–Trinajstić information content (AvgIpc) is 1.84. The molecule has 0 unspecified atom stereocenters. The summed E-state index contributed by atoms with van der Waals surface area (Å²) in [5, 5.41) is 17.0. The third kappa shape index (κ3) is 2.23. The van der Waals surface area contributed by atoms with Crippen LogP contribution in [0, 0.1) is 0 Å². The third-order valence-electron chi connectivity index (χ3n) is 0.947. The summed E-state index contributed by atoms with van der Waals surface area (Å²) in [4.78, 5) is 0. The number of aliphatic hydroxyl groups excluding tert-OH is 2. The zero-order chi connectivity index (χ0) is 6.57. The van der Waals surface area contributed by atoms with Crippen LogP contribution in [0.3, 0.4) is 0 Å². The molecular weight excluding hydrogens is 108 g/mol. The number of hydrogen-bond acceptors (Lipinski definition) is 4. The van der Waals surface area contributed by atoms with Crippen molar-refractivity contribution >= 4 is 0 Å². The second kappa shape index (κ2) is 3.80. The van der Waals surface area contributed by atoms with Crippen molar-refractivity contribution in [1.29, 1.82) is 0 Å². The molecule has 0 fully saturated rings. The van der Waals surface area contributed by atoms with Gasteiger partial charge in [0, 0.05) is 6.54 Å². The zero-order valence-corrected chi connectivity index (χ0v) is 4.62. The molecule has 4 nitrogen and oxygen atoms in total. The van der Waals surface area contributed by atoms with Gasteiger partial charge in [0.1, 0.15) is 0 Å². The average molecular weight is 120 g/mol. The van der Waals surface area contributed by atoms with Gasteiger partial charge in [-0.25, -0.2) is 0 Å². The summed E-state index contributed by atoms with van der Waals surface area (Å²) in [5.41, 5.74) is 10.2. The fraction of sp³-hybridized carbons (Fsp3) is 1.00. The molecule has 2 atom stereocenters. The second-order valence-electron chi connectivity index (χ2n) is 1.65. The van der Waals surface area contributed by atoms with E-state index in [-0.39, 0.29) is 13.2 Å². The van der Waals surface area contributed by atoms with E-state index in [0.29, 0.717) is 0 Å². The Kier molecular flexibility index (Phi) is 3.72. The maximum atomic E-state index is 8.72. The van der Waals surface area contributed by atoms with Crippen molar-refractivity contribution in [3.63, 3.8) is 0 Å². The van der Waals surface area contributed by atoms with Gasteiger partial charge >= 0.3 is 0 Å². The molecule has 0 heterocycles. The summed E-state index contributed by atoms with van der Waals surface area (Å²) in [6.45, 7) is -0.125. The van der Waals surface area contributed by atoms with Crippen LogP contribution in [0.4, 0.5) is 0 Å². The molecule has 0 bridgehead atoms. The van der Waals surface area contributed by atoms with Gasteiger partial charge in [0.15, 0.2) is 0 Å². The topological polar surface area (TPSA) is 92.5 Å². The lowest BCUT2D eigenvalue weighted by molar-refractivity contribution is 0.115. The monoisotopic (exact) mass is 120 g/mol. The Hall–Kier alpha value is -0.160. The molecule has 8 heavy (non-hydrogen) atoms. The lowest BCUT2D eigenvalue weighted by Crippen LogP contribution is -2.42. The number of hydrogen-bond donors (Lipinski definition) is 4. The number of nitrogens with two attached hydrogens (primary N) is 2. The first kappa shape index (κ1) is 7.84. The smallest absolute Gasteiger partial charge is 0.0835 e. The minimum absolute atomic E-state index is 0.0989. The summed E-state index contributed by atoms with van der Waals surface area (Å²) in [6.07, 6.45) is -0.778. The Morgan fingerprint density at radius 3 is 2.12 bits per heavy atom. The van der Waals surface area contributed by atoms with Gasteiger partial charge in [-0.15, -0.1) is 0 Å². The number of rotatable bonds is 3. The van der Waals surface area contributed by atoms with Gasteiger partial charge in [0.2, 0.25) is 0 Å². The first-order valence-corrected chi connectivity index (χ1v) is 2.47. The quantitative estimate of drug-likeness (QED) is 0.335. The Bertz CT molecular complexity index is 52.0. The van der Waals surface area contributed by atoms with E-state index in [0.717, 1.165) is 0 Å². The minimum Gasteiger partial charge on any atom is -0.395 e. The van der Waals surface area contributed by atoms with Crippen molar-refractivity contribution in [3.05, 3.63) is 0 Å². The molecule has 0 amide bonds. The van der Waals surface area contributed by atoms with Crippen LogP contribution in [-0.2, 0) is 0 Å². The van der Waals surface area contributed by atoms with E-state index in [2.05, 4.69) is 0 Å². The van der Waals surface area contributed by atoms with Gasteiger partial charge in [0.05, 0.1) is 18.8 Å². The summed E-state index contributed by atoms with van der Waals surface area (Å²) in [5.74, 6) is 0. The van der Waals surface area contributed by atoms with E-state index in [4.69, 9.17) is 21.7 Å². The molecule has 0 aliphatic carbocycles. The molecular formula is C4H12N2O2. The lowest BCUT2D eigenvalue weighted by atomic mass is 10.2. The summed E-state index contributed by atoms with van der Waals surface area (Å²) in [6, 6.07) is -0.597. The van der Waals surface area contributed by atoms with Gasteiger partial charge in [0.25, 0.3) is 0 Å². The molecule has 4 heteroatoms. The van der Waals surface area contributed by atoms with Crippen LogP contribution < -0.4 is 11.5 Å². The van der Waals surface area contributed by atoms with Gasteiger partial charge in [-0.05, 0) is 0 Å². The minimum atomic E-state index is -0.778. The van der Waals surface area contributed by atoms with Gasteiger partial charge in [-0.1, -0.05) is 0 Å². The zero-order valence-electron chi connectivity index (χ0n) is 4.62. The standard InChI is InChI=1S/C4H12N2O2/c5-1-4(8)3(6)2-7/h3-4,7-8H,1-2,5-6H2/t3-,4+/m1/s1. The van der Waals surface area contributed by atoms with Crippen LogP contribution in [0.2, 0.25) is 0 Å². The Morgan fingerprint density at radius 1 is 1.50 bits per heavy atom. The molecule has 0 aromatic carbocycles. The highest BCUT2D eigenvalue weighted by Gasteiger charge is 2.09. The predicted molar refractivity (Wildman–Crippen MR) is 30.1 cm³/mol. The van der Waals surface area contributed by atoms with Crippen LogP contribution in [-0.4, -0.2) is 35.5 Å². The first-order valence-electron chi connectivity index (χ1n) is 2.47. The van der Waals surface area contributed by atoms with Crippen molar-refractivity contribution in [2.24, 2.45) is 11.5 Å². The summed E-state index contributed by atoms with van der Waals surface area (Å²) in [7, 11) is 0. The van der Waals surface area contributed by atoms with E-state index >= 15 is 0 Å². The van der Waals surface area contributed by atoms with E-state index in [1.54, 1.807) is 0 Å². The van der Waals surface area contributed by atoms with Crippen molar-refractivity contribution in [2.75, 3.05) is 13.2 Å². The highest BCUT2D eigenvalue weighted by molar-refractivity contribution is 4.69. The van der Waals surface area contributed by atoms with Crippen molar-refractivity contribution < 1.29 is 10.2 Å². The van der Waals surface area contributed by atoms with E-state index in [1.807, 2.05) is 0 Å². The molecule has 6 N–H and O–H groups in total. The van der Waals surface area contributed by atoms with Crippen LogP contribution in [0.5, 0.6) is 0 Å². The fourth-order valence-electron chi connectivity index (χ4n) is 0.296. The maximum absolute atomic E-state index is 8.72. The van der Waals surface area contributed by atoms with Crippen molar-refractivity contribution in [2.45, 2.75) is 12.1 Å². The molecule has 0 saturated carbocycles. The van der Waals surface area contributed by atoms with Crippen LogP contribution in [0.15, 0.2) is 0 Å². The van der Waals surface area contributed by atoms with Gasteiger partial charge < -0.3 is 21.7 Å². The Morgan fingerprint density at radius 2 is 2.00 bits per heavy atom. The molecule has 0 aromatic heterocycles. The van der Waals surface area contributed by atoms with Crippen LogP contribution in [0.1, 0.15) is 0 Å². The molecule has 0 radical (unpaired) electrons. The molecule has 0 aliphatic rings. The molecule has 50 valence electrons. The highest BCUT2D eigenvalue weighted by Crippen LogP contribution is 1.83. The number of aliphatic hydroxyl groups is 2. The van der Waals surface area contributed by atoms with Crippen LogP contribution in [0.25, 0.3) is 0 Å². The van der Waals surface area contributed by atoms with E-state index in [9.17, 15) is 0 Å². The Labute approximate surface area is 48.1 Å². The predicted octanol–water partition coefficient (Wildman–Crippen LogP) is -2.37. The third-order valence-corrected chi connectivity index (χ3v) is 0.947. The maximum Gasteiger partial charge on any atom is 0.0835 e. The molecule has 0 aromatic rings. The SMILES string of the molecule is NC[C@H](O)[C@H](N)CO. The first-order chi connectivity index (χ1) is 3.72. The summed E-state index contributed by atoms with van der Waals surface area (Å²) < 4.78 is 0. The van der Waals surface area contributed by atoms with Crippen molar-refractivity contribution in [1.82, 2.24) is 0 Å². The molecule has 0 rings (SSSR count). The van der Waals surface area contributed by atoms with Gasteiger partial charge in [-0.2, -0.15) is 0 Å². The summed E-state index contributed by atoms with van der Waals surface area (Å²) >= 11 is 0. The second-order valence-corrected chi connectivity index (χ2v) is 1.65. The fourth-order valence-corrected chi connectivity index (χ4v) is 0.296. The molecule has 0 aliphatic heterocycles. The van der Waals surface area contributed by atoms with E-state index < -0.39 is 12.1 Å². The largest absolute Gasteiger partial charge is 0.395 e. The van der Waals surface area contributed by atoms with Crippen LogP contribution >= 0.6 is 0 Å².